The van der Waals surface area contributed by atoms with Gasteiger partial charge in [-0.3, -0.25) is 13.9 Å². The van der Waals surface area contributed by atoms with Crippen LogP contribution in [-0.2, 0) is 32.3 Å². The van der Waals surface area contributed by atoms with Gasteiger partial charge in [-0.2, -0.15) is 13.2 Å². The quantitative estimate of drug-likeness (QED) is 0.207. The normalized spacial score (nSPS) is 12.5. The van der Waals surface area contributed by atoms with E-state index in [1.54, 1.807) is 43.3 Å². The van der Waals surface area contributed by atoms with Crippen LogP contribution in [0.5, 0.6) is 0 Å². The summed E-state index contributed by atoms with van der Waals surface area (Å²) in [4.78, 5) is 27.9. The van der Waals surface area contributed by atoms with Crippen molar-refractivity contribution >= 4 is 55.1 Å². The molecule has 0 aliphatic heterocycles. The van der Waals surface area contributed by atoms with Crippen molar-refractivity contribution in [3.63, 3.8) is 0 Å². The SMILES string of the molecule is CCCCNC(=O)[C@@H](C)N(Cc1ccc(Br)cc1)C(=O)CN(c1ccc(Cl)c(C(F)(F)F)c1)S(=O)(=O)c1ccc(C)cc1. The van der Waals surface area contributed by atoms with Gasteiger partial charge in [-0.25, -0.2) is 8.42 Å². The van der Waals surface area contributed by atoms with Crippen molar-refractivity contribution in [2.45, 2.75) is 57.3 Å². The van der Waals surface area contributed by atoms with Gasteiger partial charge < -0.3 is 10.2 Å². The van der Waals surface area contributed by atoms with E-state index in [0.717, 1.165) is 35.0 Å². The number of alkyl halides is 3. The molecular formula is C30H32BrClF3N3O4S. The summed E-state index contributed by atoms with van der Waals surface area (Å²) in [6.45, 7) is 4.68. The molecule has 1 N–H and O–H groups in total. The fraction of sp³-hybridized carbons (Fsp3) is 0.333. The van der Waals surface area contributed by atoms with Crippen LogP contribution >= 0.6 is 27.5 Å². The number of anilines is 1. The fourth-order valence-electron chi connectivity index (χ4n) is 4.16. The Labute approximate surface area is 263 Å². The van der Waals surface area contributed by atoms with Crippen molar-refractivity contribution < 1.29 is 31.2 Å². The van der Waals surface area contributed by atoms with E-state index in [2.05, 4.69) is 21.2 Å². The van der Waals surface area contributed by atoms with E-state index >= 15 is 0 Å². The summed E-state index contributed by atoms with van der Waals surface area (Å²) >= 11 is 9.16. The Balaban J connectivity index is 2.09. The molecule has 13 heteroatoms. The Morgan fingerprint density at radius 1 is 1.02 bits per heavy atom. The van der Waals surface area contributed by atoms with E-state index < -0.39 is 56.9 Å². The number of hydrogen-bond donors (Lipinski definition) is 1. The first-order valence-electron chi connectivity index (χ1n) is 13.4. The lowest BCUT2D eigenvalue weighted by Crippen LogP contribution is -2.51. The highest BCUT2D eigenvalue weighted by atomic mass is 79.9. The maximum atomic E-state index is 13.9. The maximum absolute atomic E-state index is 13.9. The van der Waals surface area contributed by atoms with E-state index in [1.807, 2.05) is 6.92 Å². The average Bonchev–Trinajstić information content (AvgIpc) is 2.95. The summed E-state index contributed by atoms with van der Waals surface area (Å²) in [5, 5.41) is 2.16. The highest BCUT2D eigenvalue weighted by Crippen LogP contribution is 2.38. The third kappa shape index (κ3) is 8.96. The average molecular weight is 703 g/mol. The third-order valence-corrected chi connectivity index (χ3v) is 9.34. The summed E-state index contributed by atoms with van der Waals surface area (Å²) in [6, 6.07) is 14.3. The number of carbonyl (C=O) groups is 2. The Hall–Kier alpha value is -3.09. The molecule has 2 amide bonds. The van der Waals surface area contributed by atoms with Gasteiger partial charge in [0.1, 0.15) is 12.6 Å². The number of nitrogens with one attached hydrogen (secondary N) is 1. The fourth-order valence-corrected chi connectivity index (χ4v) is 6.05. The third-order valence-electron chi connectivity index (χ3n) is 6.69. The van der Waals surface area contributed by atoms with Crippen LogP contribution in [0.4, 0.5) is 18.9 Å². The molecule has 7 nitrogen and oxygen atoms in total. The van der Waals surface area contributed by atoms with Crippen molar-refractivity contribution in [1.82, 2.24) is 10.2 Å². The number of benzene rings is 3. The second-order valence-electron chi connectivity index (χ2n) is 9.96. The topological polar surface area (TPSA) is 86.8 Å². The van der Waals surface area contributed by atoms with Crippen LogP contribution in [0.15, 0.2) is 76.1 Å². The predicted octanol–water partition coefficient (Wildman–Crippen LogP) is 6.96. The van der Waals surface area contributed by atoms with Crippen LogP contribution in [-0.4, -0.2) is 44.3 Å². The number of aryl methyl sites for hydroxylation is 1. The lowest BCUT2D eigenvalue weighted by Gasteiger charge is -2.32. The van der Waals surface area contributed by atoms with Gasteiger partial charge in [-0.15, -0.1) is 0 Å². The summed E-state index contributed by atoms with van der Waals surface area (Å²) in [7, 11) is -4.55. The first kappa shape index (κ1) is 34.4. The zero-order chi connectivity index (χ0) is 31.9. The molecule has 0 aromatic heterocycles. The molecule has 0 radical (unpaired) electrons. The second-order valence-corrected chi connectivity index (χ2v) is 13.1. The van der Waals surface area contributed by atoms with Crippen LogP contribution in [0, 0.1) is 6.92 Å². The number of rotatable bonds is 12. The highest BCUT2D eigenvalue weighted by Gasteiger charge is 2.37. The monoisotopic (exact) mass is 701 g/mol. The molecule has 3 aromatic carbocycles. The molecule has 0 saturated heterocycles. The Kier molecular flexibility index (Phi) is 11.7. The van der Waals surface area contributed by atoms with Crippen molar-refractivity contribution in [3.05, 3.63) is 92.9 Å². The van der Waals surface area contributed by atoms with Crippen molar-refractivity contribution in [1.29, 1.82) is 0 Å². The number of hydrogen-bond acceptors (Lipinski definition) is 4. The molecule has 0 aliphatic carbocycles. The smallest absolute Gasteiger partial charge is 0.354 e. The van der Waals surface area contributed by atoms with Crippen molar-refractivity contribution in [2.24, 2.45) is 0 Å². The minimum Gasteiger partial charge on any atom is -0.354 e. The van der Waals surface area contributed by atoms with Crippen molar-refractivity contribution in [2.75, 3.05) is 17.4 Å². The second kappa shape index (κ2) is 14.6. The molecule has 232 valence electrons. The lowest BCUT2D eigenvalue weighted by molar-refractivity contribution is -0.139. The molecule has 0 spiro atoms. The molecule has 0 saturated carbocycles. The Morgan fingerprint density at radius 2 is 1.65 bits per heavy atom. The Morgan fingerprint density at radius 3 is 2.23 bits per heavy atom. The Bertz CT molecular complexity index is 1540. The molecule has 0 bridgehead atoms. The molecule has 0 aliphatic rings. The first-order valence-corrected chi connectivity index (χ1v) is 16.0. The zero-order valence-corrected chi connectivity index (χ0v) is 26.9. The van der Waals surface area contributed by atoms with Gasteiger partial charge in [0.2, 0.25) is 11.8 Å². The van der Waals surface area contributed by atoms with Gasteiger partial charge in [0, 0.05) is 17.6 Å². The van der Waals surface area contributed by atoms with Crippen LogP contribution in [0.3, 0.4) is 0 Å². The van der Waals surface area contributed by atoms with Crippen LogP contribution < -0.4 is 9.62 Å². The van der Waals surface area contributed by atoms with Crippen molar-refractivity contribution in [3.8, 4) is 0 Å². The van der Waals surface area contributed by atoms with Crippen LogP contribution in [0.25, 0.3) is 0 Å². The number of amides is 2. The van der Waals surface area contributed by atoms with E-state index in [0.29, 0.717) is 22.5 Å². The highest BCUT2D eigenvalue weighted by molar-refractivity contribution is 9.10. The van der Waals surface area contributed by atoms with Gasteiger partial charge in [0.15, 0.2) is 0 Å². The lowest BCUT2D eigenvalue weighted by atomic mass is 10.1. The summed E-state index contributed by atoms with van der Waals surface area (Å²) in [5.74, 6) is -1.24. The summed E-state index contributed by atoms with van der Waals surface area (Å²) in [6.07, 6.45) is -3.32. The molecule has 0 heterocycles. The number of carbonyl (C=O) groups excluding carboxylic acids is 2. The number of sulfonamides is 1. The molecule has 0 fully saturated rings. The molecule has 0 unspecified atom stereocenters. The number of halogens is 5. The molecule has 3 rings (SSSR count). The number of unbranched alkanes of at least 4 members (excludes halogenated alkanes) is 1. The van der Waals surface area contributed by atoms with Crippen LogP contribution in [0.2, 0.25) is 5.02 Å². The molecular weight excluding hydrogens is 671 g/mol. The first-order chi connectivity index (χ1) is 20.1. The molecule has 3 aromatic rings. The van der Waals surface area contributed by atoms with Gasteiger partial charge in [-0.1, -0.05) is 70.7 Å². The van der Waals surface area contributed by atoms with Gasteiger partial charge >= 0.3 is 6.18 Å². The van der Waals surface area contributed by atoms with Gasteiger partial charge in [0.05, 0.1) is 21.2 Å². The summed E-state index contributed by atoms with van der Waals surface area (Å²) in [5.41, 5.74) is -0.243. The molecule has 43 heavy (non-hydrogen) atoms. The minimum atomic E-state index is -4.88. The van der Waals surface area contributed by atoms with E-state index in [1.165, 1.54) is 24.0 Å². The summed E-state index contributed by atoms with van der Waals surface area (Å²) < 4.78 is 70.5. The predicted molar refractivity (Wildman–Crippen MR) is 164 cm³/mol. The van der Waals surface area contributed by atoms with E-state index in [-0.39, 0.29) is 11.4 Å². The minimum absolute atomic E-state index is 0.0542. The van der Waals surface area contributed by atoms with E-state index in [4.69, 9.17) is 11.6 Å². The standard InChI is InChI=1S/C30H32BrClF3N3O4S/c1-4-5-16-36-29(40)21(3)37(18-22-8-10-23(31)11-9-22)28(39)19-38(43(41,42)25-13-6-20(2)7-14-25)24-12-15-27(32)26(17-24)30(33,34)35/h6-15,17,21H,4-5,16,18-19H2,1-3H3,(H,36,40)/t21-/m1/s1. The maximum Gasteiger partial charge on any atom is 0.417 e. The zero-order valence-electron chi connectivity index (χ0n) is 23.8. The number of nitrogens with zero attached hydrogens (tertiary/aromatic N) is 2. The van der Waals surface area contributed by atoms with Crippen LogP contribution in [0.1, 0.15) is 43.4 Å². The van der Waals surface area contributed by atoms with Gasteiger partial charge in [0.25, 0.3) is 10.0 Å². The van der Waals surface area contributed by atoms with E-state index in [9.17, 15) is 31.2 Å². The van der Waals surface area contributed by atoms with Gasteiger partial charge in [-0.05, 0) is 68.3 Å². The molecule has 1 atom stereocenters. The largest absolute Gasteiger partial charge is 0.417 e.